The normalized spacial score (nSPS) is 18.7. The molecule has 0 atom stereocenters. The van der Waals surface area contributed by atoms with E-state index >= 15 is 0 Å². The number of unbranched alkanes of at least 4 members (excludes halogenated alkanes) is 1. The molecule has 0 heterocycles. The predicted octanol–water partition coefficient (Wildman–Crippen LogP) is 0.180. The van der Waals surface area contributed by atoms with Gasteiger partial charge in [-0.25, -0.2) is 0 Å². The highest BCUT2D eigenvalue weighted by Gasteiger charge is 2.34. The Morgan fingerprint density at radius 3 is 2.57 bits per heavy atom. The van der Waals surface area contributed by atoms with Crippen molar-refractivity contribution in [3.05, 3.63) is 0 Å². The van der Waals surface area contributed by atoms with Crippen LogP contribution in [0.1, 0.15) is 38.5 Å². The number of carbonyl (C=O) groups is 1. The van der Waals surface area contributed by atoms with Crippen LogP contribution in [0, 0.1) is 0 Å². The van der Waals surface area contributed by atoms with Gasteiger partial charge in [-0.3, -0.25) is 4.79 Å². The molecule has 0 aromatic heterocycles. The zero-order chi connectivity index (χ0) is 10.4. The minimum Gasteiger partial charge on any atom is -0.396 e. The molecule has 0 unspecified atom stereocenters. The fourth-order valence-corrected chi connectivity index (χ4v) is 1.51. The van der Waals surface area contributed by atoms with Crippen molar-refractivity contribution in [2.24, 2.45) is 0 Å². The van der Waals surface area contributed by atoms with Gasteiger partial charge in [0.15, 0.2) is 0 Å². The van der Waals surface area contributed by atoms with E-state index in [0.717, 1.165) is 19.3 Å². The Balaban J connectivity index is 2.03. The summed E-state index contributed by atoms with van der Waals surface area (Å²) in [6.07, 6.45) is 4.46. The molecule has 1 aliphatic carbocycles. The van der Waals surface area contributed by atoms with Crippen LogP contribution in [-0.4, -0.2) is 34.9 Å². The molecule has 1 fully saturated rings. The summed E-state index contributed by atoms with van der Waals surface area (Å²) in [7, 11) is 0. The largest absolute Gasteiger partial charge is 0.396 e. The van der Waals surface area contributed by atoms with Crippen LogP contribution in [-0.2, 0) is 4.79 Å². The second-order valence-electron chi connectivity index (χ2n) is 4.04. The van der Waals surface area contributed by atoms with Crippen molar-refractivity contribution in [1.29, 1.82) is 0 Å². The number of amides is 1. The molecular formula is C10H19NO3. The van der Waals surface area contributed by atoms with Crippen LogP contribution in [0.25, 0.3) is 0 Å². The maximum Gasteiger partial charge on any atom is 0.220 e. The monoisotopic (exact) mass is 201 g/mol. The molecule has 1 rings (SSSR count). The van der Waals surface area contributed by atoms with Gasteiger partial charge in [-0.2, -0.15) is 0 Å². The molecule has 3 N–H and O–H groups in total. The molecule has 1 amide bonds. The van der Waals surface area contributed by atoms with E-state index in [9.17, 15) is 9.90 Å². The minimum absolute atomic E-state index is 0.0289. The molecule has 0 bridgehead atoms. The van der Waals surface area contributed by atoms with E-state index in [1.165, 1.54) is 0 Å². The third kappa shape index (κ3) is 3.64. The summed E-state index contributed by atoms with van der Waals surface area (Å²) in [5, 5.41) is 20.9. The number of nitrogens with one attached hydrogen (secondary N) is 1. The van der Waals surface area contributed by atoms with Crippen LogP contribution in [0.4, 0.5) is 0 Å². The molecule has 4 heteroatoms. The highest BCUT2D eigenvalue weighted by atomic mass is 16.3. The Labute approximate surface area is 84.3 Å². The van der Waals surface area contributed by atoms with E-state index in [2.05, 4.69) is 5.32 Å². The first-order valence-corrected chi connectivity index (χ1v) is 5.26. The van der Waals surface area contributed by atoms with Gasteiger partial charge in [0, 0.05) is 19.6 Å². The van der Waals surface area contributed by atoms with E-state index in [1.54, 1.807) is 0 Å². The number of aliphatic hydroxyl groups is 2. The second-order valence-corrected chi connectivity index (χ2v) is 4.04. The van der Waals surface area contributed by atoms with Crippen molar-refractivity contribution in [3.8, 4) is 0 Å². The average Bonchev–Trinajstić information content (AvgIpc) is 2.12. The summed E-state index contributed by atoms with van der Waals surface area (Å²) in [4.78, 5) is 11.2. The second kappa shape index (κ2) is 5.32. The lowest BCUT2D eigenvalue weighted by atomic mass is 9.80. The Hall–Kier alpha value is -0.610. The van der Waals surface area contributed by atoms with Crippen LogP contribution in [0.15, 0.2) is 0 Å². The van der Waals surface area contributed by atoms with Gasteiger partial charge in [0.2, 0.25) is 5.91 Å². The Kier molecular flexibility index (Phi) is 4.35. The van der Waals surface area contributed by atoms with Crippen molar-refractivity contribution in [2.75, 3.05) is 13.2 Å². The van der Waals surface area contributed by atoms with Crippen LogP contribution in [0.3, 0.4) is 0 Å². The average molecular weight is 201 g/mol. The standard InChI is InChI=1S/C10H19NO3/c12-7-2-1-4-9(13)11-8-10(14)5-3-6-10/h12,14H,1-8H2,(H,11,13). The van der Waals surface area contributed by atoms with Gasteiger partial charge in [0.1, 0.15) is 0 Å². The molecule has 0 radical (unpaired) electrons. The van der Waals surface area contributed by atoms with Gasteiger partial charge in [0.25, 0.3) is 0 Å². The van der Waals surface area contributed by atoms with Gasteiger partial charge in [-0.15, -0.1) is 0 Å². The number of carbonyl (C=O) groups excluding carboxylic acids is 1. The van der Waals surface area contributed by atoms with Crippen molar-refractivity contribution < 1.29 is 15.0 Å². The molecule has 0 aromatic rings. The lowest BCUT2D eigenvalue weighted by Crippen LogP contribution is -2.47. The van der Waals surface area contributed by atoms with E-state index < -0.39 is 5.60 Å². The summed E-state index contributed by atoms with van der Waals surface area (Å²) in [6.45, 7) is 0.516. The van der Waals surface area contributed by atoms with E-state index in [0.29, 0.717) is 25.8 Å². The first-order chi connectivity index (χ1) is 6.66. The molecular weight excluding hydrogens is 182 g/mol. The van der Waals surface area contributed by atoms with E-state index in [4.69, 9.17) is 5.11 Å². The fraction of sp³-hybridized carbons (Fsp3) is 0.900. The summed E-state index contributed by atoms with van der Waals surface area (Å²) >= 11 is 0. The summed E-state index contributed by atoms with van der Waals surface area (Å²) in [6, 6.07) is 0. The molecule has 1 aliphatic rings. The number of aliphatic hydroxyl groups excluding tert-OH is 1. The number of rotatable bonds is 6. The lowest BCUT2D eigenvalue weighted by Gasteiger charge is -2.36. The molecule has 0 saturated heterocycles. The van der Waals surface area contributed by atoms with Crippen LogP contribution in [0.5, 0.6) is 0 Å². The van der Waals surface area contributed by atoms with Gasteiger partial charge >= 0.3 is 0 Å². The quantitative estimate of drug-likeness (QED) is 0.537. The van der Waals surface area contributed by atoms with Crippen molar-refractivity contribution in [3.63, 3.8) is 0 Å². The zero-order valence-corrected chi connectivity index (χ0v) is 8.46. The highest BCUT2D eigenvalue weighted by Crippen LogP contribution is 2.30. The van der Waals surface area contributed by atoms with E-state index in [-0.39, 0.29) is 12.5 Å². The first-order valence-electron chi connectivity index (χ1n) is 5.26. The lowest BCUT2D eigenvalue weighted by molar-refractivity contribution is -0.123. The number of hydrogen-bond acceptors (Lipinski definition) is 3. The molecule has 0 aromatic carbocycles. The summed E-state index contributed by atoms with van der Waals surface area (Å²) in [5.74, 6) is -0.0289. The third-order valence-electron chi connectivity index (χ3n) is 2.71. The summed E-state index contributed by atoms with van der Waals surface area (Å²) < 4.78 is 0. The Morgan fingerprint density at radius 1 is 1.36 bits per heavy atom. The topological polar surface area (TPSA) is 69.6 Å². The van der Waals surface area contributed by atoms with Crippen LogP contribution < -0.4 is 5.32 Å². The molecule has 0 aliphatic heterocycles. The van der Waals surface area contributed by atoms with Crippen molar-refractivity contribution in [2.45, 2.75) is 44.1 Å². The molecule has 4 nitrogen and oxygen atoms in total. The van der Waals surface area contributed by atoms with Gasteiger partial charge < -0.3 is 15.5 Å². The predicted molar refractivity (Wildman–Crippen MR) is 52.7 cm³/mol. The SMILES string of the molecule is O=C(CCCCO)NCC1(O)CCC1. The Morgan fingerprint density at radius 2 is 2.07 bits per heavy atom. The van der Waals surface area contributed by atoms with Crippen LogP contribution >= 0.6 is 0 Å². The van der Waals surface area contributed by atoms with Crippen molar-refractivity contribution >= 4 is 5.91 Å². The summed E-state index contributed by atoms with van der Waals surface area (Å²) in [5.41, 5.74) is -0.632. The van der Waals surface area contributed by atoms with Gasteiger partial charge in [0.05, 0.1) is 5.60 Å². The zero-order valence-electron chi connectivity index (χ0n) is 8.46. The van der Waals surface area contributed by atoms with E-state index in [1.807, 2.05) is 0 Å². The Bertz CT molecular complexity index is 190. The number of hydrogen-bond donors (Lipinski definition) is 3. The first kappa shape index (κ1) is 11.5. The molecule has 82 valence electrons. The smallest absolute Gasteiger partial charge is 0.220 e. The highest BCUT2D eigenvalue weighted by molar-refractivity contribution is 5.75. The van der Waals surface area contributed by atoms with Crippen molar-refractivity contribution in [1.82, 2.24) is 5.32 Å². The third-order valence-corrected chi connectivity index (χ3v) is 2.71. The maximum atomic E-state index is 11.2. The van der Waals surface area contributed by atoms with Gasteiger partial charge in [-0.1, -0.05) is 0 Å². The minimum atomic E-state index is -0.632. The van der Waals surface area contributed by atoms with Crippen LogP contribution in [0.2, 0.25) is 0 Å². The maximum absolute atomic E-state index is 11.2. The fourth-order valence-electron chi connectivity index (χ4n) is 1.51. The molecule has 1 saturated carbocycles. The molecule has 0 spiro atoms. The molecule has 14 heavy (non-hydrogen) atoms. The van der Waals surface area contributed by atoms with Gasteiger partial charge in [-0.05, 0) is 32.1 Å².